The van der Waals surface area contributed by atoms with E-state index >= 15 is 0 Å². The van der Waals surface area contributed by atoms with E-state index < -0.39 is 0 Å². The maximum atomic E-state index is 3.68. The largest absolute Gasteiger partial charge is 0.311 e. The van der Waals surface area contributed by atoms with Gasteiger partial charge in [0.05, 0.1) is 0 Å². The van der Waals surface area contributed by atoms with Crippen LogP contribution >= 0.6 is 0 Å². The lowest BCUT2D eigenvalue weighted by atomic mass is 9.86. The summed E-state index contributed by atoms with van der Waals surface area (Å²) in [6.45, 7) is 12.2. The Morgan fingerprint density at radius 1 is 1.29 bits per heavy atom. The van der Waals surface area contributed by atoms with Gasteiger partial charge in [0.25, 0.3) is 0 Å². The van der Waals surface area contributed by atoms with Crippen LogP contribution in [0.1, 0.15) is 66.7 Å². The first kappa shape index (κ1) is 14.0. The van der Waals surface area contributed by atoms with Crippen LogP contribution in [-0.2, 0) is 0 Å². The molecule has 1 saturated heterocycles. The number of hydrogen-bond donors (Lipinski definition) is 1. The molecule has 14 heavy (non-hydrogen) atoms. The van der Waals surface area contributed by atoms with Crippen LogP contribution < -0.4 is 5.32 Å². The van der Waals surface area contributed by atoms with Crippen molar-refractivity contribution in [1.29, 1.82) is 0 Å². The smallest absolute Gasteiger partial charge is 0.0179 e. The number of nitrogens with one attached hydrogen (secondary N) is 1. The van der Waals surface area contributed by atoms with Crippen LogP contribution in [0.2, 0.25) is 0 Å². The Hall–Kier alpha value is -0.0400. The van der Waals surface area contributed by atoms with E-state index in [0.29, 0.717) is 5.54 Å². The quantitative estimate of drug-likeness (QED) is 0.722. The summed E-state index contributed by atoms with van der Waals surface area (Å²) in [5.41, 5.74) is 0.518. The average Bonchev–Trinajstić information content (AvgIpc) is 2.67. The van der Waals surface area contributed by atoms with E-state index in [9.17, 15) is 0 Å². The monoisotopic (exact) mass is 199 g/mol. The fourth-order valence-electron chi connectivity index (χ4n) is 2.13. The van der Waals surface area contributed by atoms with Gasteiger partial charge in [-0.25, -0.2) is 0 Å². The first-order valence-electron chi connectivity index (χ1n) is 6.43. The summed E-state index contributed by atoms with van der Waals surface area (Å²) < 4.78 is 0. The molecular formula is C13H29N. The number of rotatable bonds is 4. The van der Waals surface area contributed by atoms with Gasteiger partial charge in [-0.2, -0.15) is 0 Å². The van der Waals surface area contributed by atoms with Crippen LogP contribution in [0, 0.1) is 5.92 Å². The topological polar surface area (TPSA) is 12.0 Å². The lowest BCUT2D eigenvalue weighted by Crippen LogP contribution is -2.39. The van der Waals surface area contributed by atoms with Gasteiger partial charge in [0.1, 0.15) is 0 Å². The van der Waals surface area contributed by atoms with Crippen LogP contribution in [0.4, 0.5) is 0 Å². The maximum Gasteiger partial charge on any atom is 0.0179 e. The Balaban J connectivity index is 0.000000791. The second-order valence-electron chi connectivity index (χ2n) is 4.60. The Morgan fingerprint density at radius 3 is 2.29 bits per heavy atom. The highest BCUT2D eigenvalue weighted by Gasteiger charge is 2.30. The SMILES string of the molecule is CC.CCC1(CCC(C)C)CCCN1. The highest BCUT2D eigenvalue weighted by molar-refractivity contribution is 4.91. The molecule has 0 amide bonds. The molecule has 1 unspecified atom stereocenters. The molecule has 0 spiro atoms. The summed E-state index contributed by atoms with van der Waals surface area (Å²) in [4.78, 5) is 0. The van der Waals surface area contributed by atoms with Crippen molar-refractivity contribution in [1.82, 2.24) is 5.32 Å². The normalized spacial score (nSPS) is 26.1. The van der Waals surface area contributed by atoms with Crippen molar-refractivity contribution in [2.45, 2.75) is 72.3 Å². The number of hydrogen-bond acceptors (Lipinski definition) is 1. The summed E-state index contributed by atoms with van der Waals surface area (Å²) in [6.07, 6.45) is 6.84. The predicted molar refractivity (Wildman–Crippen MR) is 65.7 cm³/mol. The van der Waals surface area contributed by atoms with E-state index in [1.165, 1.54) is 38.6 Å². The summed E-state index contributed by atoms with van der Waals surface area (Å²) in [5, 5.41) is 3.68. The van der Waals surface area contributed by atoms with Gasteiger partial charge in [-0.3, -0.25) is 0 Å². The van der Waals surface area contributed by atoms with Crippen molar-refractivity contribution in [2.75, 3.05) is 6.54 Å². The van der Waals surface area contributed by atoms with E-state index in [0.717, 1.165) is 5.92 Å². The molecule has 0 bridgehead atoms. The Labute approximate surface area is 90.7 Å². The van der Waals surface area contributed by atoms with Crippen LogP contribution in [0.15, 0.2) is 0 Å². The highest BCUT2D eigenvalue weighted by Crippen LogP contribution is 2.29. The molecule has 1 heterocycles. The molecule has 1 rings (SSSR count). The summed E-state index contributed by atoms with van der Waals surface area (Å²) >= 11 is 0. The van der Waals surface area contributed by atoms with Gasteiger partial charge in [-0.15, -0.1) is 0 Å². The van der Waals surface area contributed by atoms with E-state index in [-0.39, 0.29) is 0 Å². The van der Waals surface area contributed by atoms with Crippen LogP contribution in [0.5, 0.6) is 0 Å². The van der Waals surface area contributed by atoms with Gasteiger partial charge in [0, 0.05) is 5.54 Å². The Kier molecular flexibility index (Phi) is 7.26. The zero-order valence-electron chi connectivity index (χ0n) is 10.8. The van der Waals surface area contributed by atoms with E-state index in [2.05, 4.69) is 26.1 Å². The van der Waals surface area contributed by atoms with Gasteiger partial charge in [0.2, 0.25) is 0 Å². The first-order chi connectivity index (χ1) is 6.68. The third-order valence-electron chi connectivity index (χ3n) is 3.21. The molecule has 1 atom stereocenters. The van der Waals surface area contributed by atoms with Crippen LogP contribution in [0.3, 0.4) is 0 Å². The molecule has 0 aliphatic carbocycles. The molecule has 1 aliphatic rings. The second-order valence-corrected chi connectivity index (χ2v) is 4.60. The van der Waals surface area contributed by atoms with E-state index in [1.54, 1.807) is 0 Å². The zero-order valence-corrected chi connectivity index (χ0v) is 10.8. The van der Waals surface area contributed by atoms with Crippen molar-refractivity contribution < 1.29 is 0 Å². The van der Waals surface area contributed by atoms with Gasteiger partial charge >= 0.3 is 0 Å². The molecule has 1 nitrogen and oxygen atoms in total. The molecule has 1 aliphatic heterocycles. The minimum absolute atomic E-state index is 0.518. The maximum absolute atomic E-state index is 3.68. The van der Waals surface area contributed by atoms with E-state index in [1.807, 2.05) is 13.8 Å². The summed E-state index contributed by atoms with van der Waals surface area (Å²) in [7, 11) is 0. The Bertz CT molecular complexity index is 123. The van der Waals surface area contributed by atoms with Gasteiger partial charge in [0.15, 0.2) is 0 Å². The summed E-state index contributed by atoms with van der Waals surface area (Å²) in [6, 6.07) is 0. The van der Waals surface area contributed by atoms with Crippen molar-refractivity contribution in [3.63, 3.8) is 0 Å². The average molecular weight is 199 g/mol. The first-order valence-corrected chi connectivity index (χ1v) is 6.43. The minimum atomic E-state index is 0.518. The lowest BCUT2D eigenvalue weighted by Gasteiger charge is -2.28. The molecule has 0 aromatic rings. The standard InChI is InChI=1S/C11H23N.C2H6/c1-4-11(7-5-9-12-11)8-6-10(2)3;1-2/h10,12H,4-9H2,1-3H3;1-2H3. The van der Waals surface area contributed by atoms with Gasteiger partial charge < -0.3 is 5.32 Å². The molecule has 86 valence electrons. The predicted octanol–water partition coefficient (Wildman–Crippen LogP) is 3.98. The second kappa shape index (κ2) is 7.28. The van der Waals surface area contributed by atoms with Crippen LogP contribution in [-0.4, -0.2) is 12.1 Å². The van der Waals surface area contributed by atoms with Gasteiger partial charge in [-0.1, -0.05) is 34.6 Å². The lowest BCUT2D eigenvalue weighted by molar-refractivity contribution is 0.309. The highest BCUT2D eigenvalue weighted by atomic mass is 15.0. The Morgan fingerprint density at radius 2 is 1.93 bits per heavy atom. The molecule has 1 N–H and O–H groups in total. The molecule has 1 fully saturated rings. The van der Waals surface area contributed by atoms with Gasteiger partial charge in [-0.05, 0) is 44.6 Å². The van der Waals surface area contributed by atoms with Crippen molar-refractivity contribution in [3.05, 3.63) is 0 Å². The third kappa shape index (κ3) is 4.45. The summed E-state index contributed by atoms with van der Waals surface area (Å²) in [5.74, 6) is 0.857. The molecule has 0 aromatic carbocycles. The molecular weight excluding hydrogens is 170 g/mol. The van der Waals surface area contributed by atoms with Crippen LogP contribution in [0.25, 0.3) is 0 Å². The van der Waals surface area contributed by atoms with E-state index in [4.69, 9.17) is 0 Å². The minimum Gasteiger partial charge on any atom is -0.311 e. The molecule has 0 radical (unpaired) electrons. The fourth-order valence-corrected chi connectivity index (χ4v) is 2.13. The molecule has 1 heteroatoms. The zero-order chi connectivity index (χ0) is 11.0. The molecule has 0 saturated carbocycles. The fraction of sp³-hybridized carbons (Fsp3) is 1.00. The third-order valence-corrected chi connectivity index (χ3v) is 3.21. The molecule has 0 aromatic heterocycles. The van der Waals surface area contributed by atoms with Crippen molar-refractivity contribution in [2.24, 2.45) is 5.92 Å². The van der Waals surface area contributed by atoms with Crippen molar-refractivity contribution in [3.8, 4) is 0 Å². The van der Waals surface area contributed by atoms with Crippen molar-refractivity contribution >= 4 is 0 Å².